The van der Waals surface area contributed by atoms with Gasteiger partial charge in [0.1, 0.15) is 15.7 Å². The van der Waals surface area contributed by atoms with Crippen molar-refractivity contribution in [1.82, 2.24) is 35.1 Å². The number of morpholine rings is 1. The van der Waals surface area contributed by atoms with Gasteiger partial charge in [0.25, 0.3) is 0 Å². The highest BCUT2D eigenvalue weighted by Gasteiger charge is 2.23. The normalized spacial score (nSPS) is 17.5. The van der Waals surface area contributed by atoms with Crippen LogP contribution in [0, 0.1) is 0 Å². The van der Waals surface area contributed by atoms with E-state index in [2.05, 4.69) is 27.0 Å². The molecule has 8 nitrogen and oxygen atoms in total. The molecule has 4 heterocycles. The number of ether oxygens (including phenoxy) is 1. The van der Waals surface area contributed by atoms with Crippen molar-refractivity contribution >= 4 is 33.3 Å². The van der Waals surface area contributed by atoms with Crippen molar-refractivity contribution in [2.75, 3.05) is 26.3 Å². The van der Waals surface area contributed by atoms with Crippen molar-refractivity contribution in [2.45, 2.75) is 49.0 Å². The third-order valence-electron chi connectivity index (χ3n) is 5.29. The molecule has 10 heteroatoms. The maximum absolute atomic E-state index is 5.48. The molecule has 152 valence electrons. The van der Waals surface area contributed by atoms with E-state index in [0.29, 0.717) is 6.54 Å². The van der Waals surface area contributed by atoms with Crippen LogP contribution in [0.25, 0.3) is 10.2 Å². The second-order valence-corrected chi connectivity index (χ2v) is 9.30. The van der Waals surface area contributed by atoms with Gasteiger partial charge in [-0.25, -0.2) is 14.6 Å². The molecular weight excluding hydrogens is 406 g/mol. The fraction of sp³-hybridized carbons (Fsp3) is 0.526. The van der Waals surface area contributed by atoms with Crippen LogP contribution in [0.1, 0.15) is 29.1 Å². The molecule has 0 bridgehead atoms. The highest BCUT2D eigenvalue weighted by molar-refractivity contribution is 7.99. The number of allylic oxidation sites excluding steroid dienone is 1. The van der Waals surface area contributed by atoms with Crippen LogP contribution < -0.4 is 0 Å². The smallest absolute Gasteiger partial charge is 0.215 e. The summed E-state index contributed by atoms with van der Waals surface area (Å²) in [6.07, 6.45) is 6.53. The lowest BCUT2D eigenvalue weighted by Crippen LogP contribution is -2.36. The zero-order chi connectivity index (χ0) is 19.6. The second kappa shape index (κ2) is 8.47. The second-order valence-electron chi connectivity index (χ2n) is 7.26. The van der Waals surface area contributed by atoms with Crippen LogP contribution in [0.5, 0.6) is 0 Å². The van der Waals surface area contributed by atoms with Crippen molar-refractivity contribution in [3.63, 3.8) is 0 Å². The average Bonchev–Trinajstić information content (AvgIpc) is 3.33. The van der Waals surface area contributed by atoms with Crippen molar-refractivity contribution < 1.29 is 4.74 Å². The first-order valence-corrected chi connectivity index (χ1v) is 11.6. The number of hydrogen-bond acceptors (Lipinski definition) is 9. The summed E-state index contributed by atoms with van der Waals surface area (Å²) in [4.78, 5) is 14.9. The molecule has 0 spiro atoms. The Labute approximate surface area is 177 Å². The van der Waals surface area contributed by atoms with Crippen LogP contribution in [-0.2, 0) is 30.7 Å². The molecule has 5 rings (SSSR count). The minimum absolute atomic E-state index is 0.575. The van der Waals surface area contributed by atoms with E-state index in [0.717, 1.165) is 66.5 Å². The fourth-order valence-corrected chi connectivity index (χ4v) is 6.15. The highest BCUT2D eigenvalue weighted by atomic mass is 32.2. The Morgan fingerprint density at radius 2 is 2.03 bits per heavy atom. The molecule has 1 aliphatic carbocycles. The summed E-state index contributed by atoms with van der Waals surface area (Å²) in [6, 6.07) is 0. The van der Waals surface area contributed by atoms with Crippen molar-refractivity contribution in [1.29, 1.82) is 0 Å². The number of tetrazole rings is 1. The Kier molecular flexibility index (Phi) is 5.58. The van der Waals surface area contributed by atoms with Crippen LogP contribution >= 0.6 is 23.1 Å². The van der Waals surface area contributed by atoms with Gasteiger partial charge >= 0.3 is 0 Å². The van der Waals surface area contributed by atoms with Crippen LogP contribution in [-0.4, -0.2) is 61.4 Å². The van der Waals surface area contributed by atoms with E-state index in [4.69, 9.17) is 14.7 Å². The summed E-state index contributed by atoms with van der Waals surface area (Å²) in [7, 11) is 0. The molecule has 0 unspecified atom stereocenters. The maximum atomic E-state index is 5.48. The lowest BCUT2D eigenvalue weighted by molar-refractivity contribution is 0.0330. The zero-order valence-electron chi connectivity index (χ0n) is 16.2. The largest absolute Gasteiger partial charge is 0.379 e. The van der Waals surface area contributed by atoms with Gasteiger partial charge in [0.15, 0.2) is 0 Å². The van der Waals surface area contributed by atoms with E-state index >= 15 is 0 Å². The van der Waals surface area contributed by atoms with Crippen LogP contribution in [0.3, 0.4) is 0 Å². The van der Waals surface area contributed by atoms with E-state index in [1.807, 2.05) is 11.3 Å². The lowest BCUT2D eigenvalue weighted by Gasteiger charge is -2.25. The molecule has 0 amide bonds. The Bertz CT molecular complexity index is 1030. The number of aromatic nitrogens is 6. The monoisotopic (exact) mass is 429 g/mol. The molecule has 1 aliphatic heterocycles. The molecule has 2 aliphatic rings. The Balaban J connectivity index is 1.55. The first kappa shape index (κ1) is 19.1. The Hall–Kier alpha value is -1.88. The molecule has 0 aromatic carbocycles. The molecule has 1 fully saturated rings. The predicted molar refractivity (Wildman–Crippen MR) is 112 cm³/mol. The number of fused-ring (bicyclic) bond motifs is 3. The number of hydrogen-bond donors (Lipinski definition) is 0. The molecule has 0 atom stereocenters. The standard InChI is InChI=1S/C19H23N7OS2/c1-2-7-26-19(22-23-24-26)29-18-16-13-5-3-4-6-14(13)28-17(16)20-15(21-18)12-25-8-10-27-11-9-25/h2H,1,3-12H2. The van der Waals surface area contributed by atoms with Gasteiger partial charge in [-0.2, -0.15) is 0 Å². The highest BCUT2D eigenvalue weighted by Crippen LogP contribution is 2.41. The third kappa shape index (κ3) is 3.94. The van der Waals surface area contributed by atoms with Gasteiger partial charge in [0.05, 0.1) is 26.3 Å². The maximum Gasteiger partial charge on any atom is 0.215 e. The van der Waals surface area contributed by atoms with Crippen LogP contribution in [0.4, 0.5) is 0 Å². The summed E-state index contributed by atoms with van der Waals surface area (Å²) in [5.41, 5.74) is 1.43. The summed E-state index contributed by atoms with van der Waals surface area (Å²) in [6.45, 7) is 8.50. The number of nitrogens with zero attached hydrogens (tertiary/aromatic N) is 7. The van der Waals surface area contributed by atoms with Crippen molar-refractivity contribution in [2.24, 2.45) is 0 Å². The SMILES string of the molecule is C=CCn1nnnc1Sc1nc(CN2CCOCC2)nc2sc3c(c12)CCCC3. The van der Waals surface area contributed by atoms with E-state index in [9.17, 15) is 0 Å². The summed E-state index contributed by atoms with van der Waals surface area (Å²) >= 11 is 3.37. The summed E-state index contributed by atoms with van der Waals surface area (Å²) in [5, 5.41) is 15.0. The van der Waals surface area contributed by atoms with Gasteiger partial charge in [-0.3, -0.25) is 4.90 Å². The van der Waals surface area contributed by atoms with Gasteiger partial charge in [-0.05, 0) is 53.4 Å². The van der Waals surface area contributed by atoms with Crippen LogP contribution in [0.2, 0.25) is 0 Å². The predicted octanol–water partition coefficient (Wildman–Crippen LogP) is 2.73. The first-order chi connectivity index (χ1) is 14.3. The zero-order valence-corrected chi connectivity index (χ0v) is 17.8. The van der Waals surface area contributed by atoms with E-state index in [1.54, 1.807) is 10.8 Å². The van der Waals surface area contributed by atoms with E-state index in [-0.39, 0.29) is 0 Å². The molecule has 0 N–H and O–H groups in total. The van der Waals surface area contributed by atoms with Gasteiger partial charge in [0.2, 0.25) is 5.16 Å². The Morgan fingerprint density at radius 3 is 2.90 bits per heavy atom. The third-order valence-corrected chi connectivity index (χ3v) is 7.43. The minimum atomic E-state index is 0.575. The number of thiophene rings is 1. The molecule has 1 saturated heterocycles. The van der Waals surface area contributed by atoms with Crippen molar-refractivity contribution in [3.05, 3.63) is 28.9 Å². The van der Waals surface area contributed by atoms with Crippen LogP contribution in [0.15, 0.2) is 22.8 Å². The number of rotatable bonds is 6. The number of aryl methyl sites for hydroxylation is 2. The van der Waals surface area contributed by atoms with Gasteiger partial charge < -0.3 is 4.74 Å². The van der Waals surface area contributed by atoms with Gasteiger partial charge in [0, 0.05) is 23.4 Å². The van der Waals surface area contributed by atoms with E-state index < -0.39 is 0 Å². The molecular formula is C19H23N7OS2. The topological polar surface area (TPSA) is 81.9 Å². The fourth-order valence-electron chi connectivity index (χ4n) is 3.86. The quantitative estimate of drug-likeness (QED) is 0.437. The van der Waals surface area contributed by atoms with Crippen molar-refractivity contribution in [3.8, 4) is 0 Å². The molecule has 3 aromatic heterocycles. The molecule has 3 aromatic rings. The molecule has 0 saturated carbocycles. The molecule has 29 heavy (non-hydrogen) atoms. The van der Waals surface area contributed by atoms with Gasteiger partial charge in [-0.1, -0.05) is 6.08 Å². The Morgan fingerprint density at radius 1 is 1.17 bits per heavy atom. The first-order valence-electron chi connectivity index (χ1n) is 9.98. The summed E-state index contributed by atoms with van der Waals surface area (Å²) < 4.78 is 7.23. The van der Waals surface area contributed by atoms with Gasteiger partial charge in [-0.15, -0.1) is 23.0 Å². The molecule has 0 radical (unpaired) electrons. The van der Waals surface area contributed by atoms with E-state index in [1.165, 1.54) is 40.4 Å². The lowest BCUT2D eigenvalue weighted by atomic mass is 9.97. The minimum Gasteiger partial charge on any atom is -0.379 e. The summed E-state index contributed by atoms with van der Waals surface area (Å²) in [5.74, 6) is 0.864. The average molecular weight is 430 g/mol.